The zero-order valence-corrected chi connectivity index (χ0v) is 12.3. The van der Waals surface area contributed by atoms with Crippen LogP contribution in [0, 0.1) is 0 Å². The first-order valence-corrected chi connectivity index (χ1v) is 6.79. The summed E-state index contributed by atoms with van der Waals surface area (Å²) in [4.78, 5) is 18.0. The number of para-hydroxylation sites is 2. The van der Waals surface area contributed by atoms with Crippen molar-refractivity contribution in [3.63, 3.8) is 0 Å². The van der Waals surface area contributed by atoms with Gasteiger partial charge < -0.3 is 4.74 Å². The highest BCUT2D eigenvalue weighted by molar-refractivity contribution is 5.82. The average molecular weight is 283 g/mol. The Balaban J connectivity index is 1.92. The van der Waals surface area contributed by atoms with E-state index in [0.717, 1.165) is 16.9 Å². The van der Waals surface area contributed by atoms with Crippen molar-refractivity contribution in [2.24, 2.45) is 0 Å². The lowest BCUT2D eigenvalue weighted by Crippen LogP contribution is -2.30. The number of carbonyl (C=O) groups excluding carboxylic acids is 1. The van der Waals surface area contributed by atoms with Gasteiger partial charge in [-0.15, -0.1) is 0 Å². The molecule has 5 nitrogen and oxygen atoms in total. The molecule has 0 spiro atoms. The molecule has 0 atom stereocenters. The molecule has 0 N–H and O–H groups in total. The van der Waals surface area contributed by atoms with Crippen molar-refractivity contribution in [3.8, 4) is 0 Å². The molecule has 0 radical (unpaired) electrons. The van der Waals surface area contributed by atoms with Gasteiger partial charge in [0, 0.05) is 18.6 Å². The van der Waals surface area contributed by atoms with Crippen molar-refractivity contribution >= 4 is 29.4 Å². The van der Waals surface area contributed by atoms with Gasteiger partial charge in [-0.05, 0) is 39.0 Å². The van der Waals surface area contributed by atoms with Gasteiger partial charge in [-0.2, -0.15) is 0 Å². The van der Waals surface area contributed by atoms with Crippen LogP contribution in [0.3, 0.4) is 0 Å². The number of hydrogen-bond acceptors (Lipinski definition) is 3. The molecule has 21 heavy (non-hydrogen) atoms. The van der Waals surface area contributed by atoms with Crippen molar-refractivity contribution in [3.05, 3.63) is 42.5 Å². The molecule has 1 aliphatic rings. The van der Waals surface area contributed by atoms with Gasteiger partial charge in [0.1, 0.15) is 11.4 Å². The molecule has 1 aliphatic heterocycles. The lowest BCUT2D eigenvalue weighted by molar-refractivity contribution is 0.0402. The minimum Gasteiger partial charge on any atom is -0.443 e. The third kappa shape index (κ3) is 2.67. The second kappa shape index (κ2) is 4.77. The van der Waals surface area contributed by atoms with Crippen molar-refractivity contribution in [2.75, 3.05) is 0 Å². The number of amides is 1. The second-order valence-corrected chi connectivity index (χ2v) is 5.83. The summed E-state index contributed by atoms with van der Waals surface area (Å²) in [7, 11) is 0. The summed E-state index contributed by atoms with van der Waals surface area (Å²) < 4.78 is 7.29. The van der Waals surface area contributed by atoms with Gasteiger partial charge in [0.05, 0.1) is 11.0 Å². The third-order valence-corrected chi connectivity index (χ3v) is 2.99. The Morgan fingerprint density at radius 2 is 1.90 bits per heavy atom. The van der Waals surface area contributed by atoms with Crippen LogP contribution in [-0.4, -0.2) is 26.1 Å². The van der Waals surface area contributed by atoms with E-state index in [0.29, 0.717) is 0 Å². The molecule has 2 heterocycles. The molecular formula is C16H17N3O2. The summed E-state index contributed by atoms with van der Waals surface area (Å²) >= 11 is 0. The third-order valence-electron chi connectivity index (χ3n) is 2.99. The first-order chi connectivity index (χ1) is 9.94. The molecule has 1 amide bonds. The van der Waals surface area contributed by atoms with Crippen LogP contribution in [0.1, 0.15) is 26.6 Å². The second-order valence-electron chi connectivity index (χ2n) is 5.83. The van der Waals surface area contributed by atoms with Gasteiger partial charge in [-0.3, -0.25) is 9.47 Å². The number of aromatic nitrogens is 2. The Labute approximate surface area is 123 Å². The zero-order chi connectivity index (χ0) is 15.0. The van der Waals surface area contributed by atoms with E-state index in [-0.39, 0.29) is 0 Å². The number of imidazole rings is 1. The van der Waals surface area contributed by atoms with Crippen LogP contribution >= 0.6 is 0 Å². The smallest absolute Gasteiger partial charge is 0.418 e. The van der Waals surface area contributed by atoms with Crippen LogP contribution in [0.15, 0.2) is 36.7 Å². The first kappa shape index (κ1) is 13.4. The van der Waals surface area contributed by atoms with Crippen LogP contribution in [0.5, 0.6) is 0 Å². The molecule has 1 aromatic heterocycles. The topological polar surface area (TPSA) is 47.4 Å². The van der Waals surface area contributed by atoms with E-state index in [1.54, 1.807) is 18.5 Å². The van der Waals surface area contributed by atoms with Gasteiger partial charge in [0.25, 0.3) is 0 Å². The Bertz CT molecular complexity index is 750. The number of fused-ring (bicyclic) bond motifs is 3. The fourth-order valence-corrected chi connectivity index (χ4v) is 2.11. The normalized spacial score (nSPS) is 14.1. The maximum Gasteiger partial charge on any atom is 0.418 e. The quantitative estimate of drug-likeness (QED) is 0.741. The number of ether oxygens (including phenoxy) is 1. The molecular weight excluding hydrogens is 266 g/mol. The number of benzene rings is 1. The minimum absolute atomic E-state index is 0.412. The van der Waals surface area contributed by atoms with Crippen molar-refractivity contribution < 1.29 is 9.53 Å². The first-order valence-electron chi connectivity index (χ1n) is 6.79. The number of carbonyl (C=O) groups is 1. The van der Waals surface area contributed by atoms with E-state index < -0.39 is 11.7 Å². The van der Waals surface area contributed by atoms with E-state index in [9.17, 15) is 4.79 Å². The number of rotatable bonds is 0. The molecule has 0 aliphatic carbocycles. The highest BCUT2D eigenvalue weighted by atomic mass is 16.6. The van der Waals surface area contributed by atoms with E-state index in [2.05, 4.69) is 4.98 Å². The van der Waals surface area contributed by atoms with Gasteiger partial charge in [0.15, 0.2) is 0 Å². The van der Waals surface area contributed by atoms with E-state index >= 15 is 0 Å². The number of nitrogens with zero attached hydrogens (tertiary/aromatic N) is 3. The van der Waals surface area contributed by atoms with Crippen molar-refractivity contribution in [1.29, 1.82) is 0 Å². The van der Waals surface area contributed by atoms with E-state index in [1.165, 1.54) is 4.90 Å². The molecule has 1 aromatic carbocycles. The van der Waals surface area contributed by atoms with Crippen LogP contribution in [-0.2, 0) is 4.74 Å². The van der Waals surface area contributed by atoms with Gasteiger partial charge in [-0.25, -0.2) is 9.78 Å². The molecule has 3 rings (SSSR count). The Kier molecular flexibility index (Phi) is 3.05. The zero-order valence-electron chi connectivity index (χ0n) is 12.3. The van der Waals surface area contributed by atoms with Gasteiger partial charge >= 0.3 is 6.09 Å². The highest BCUT2D eigenvalue weighted by Gasteiger charge is 2.20. The summed E-state index contributed by atoms with van der Waals surface area (Å²) in [5.41, 5.74) is 1.40. The van der Waals surface area contributed by atoms with Crippen LogP contribution in [0.4, 0.5) is 4.79 Å². The minimum atomic E-state index is -0.522. The number of hydrogen-bond donors (Lipinski definition) is 0. The lowest BCUT2D eigenvalue weighted by atomic mass is 10.2. The standard InChI is InChI=1S/C16H17N3O2/c1-16(2,3)21-15(20)18-9-8-14-17-12-6-4-5-7-13(12)19(14)11-10-18/h4-11H,1-3H3. The molecule has 2 aromatic rings. The fourth-order valence-electron chi connectivity index (χ4n) is 2.11. The average Bonchev–Trinajstić information content (AvgIpc) is 2.61. The predicted molar refractivity (Wildman–Crippen MR) is 82.2 cm³/mol. The summed E-state index contributed by atoms with van der Waals surface area (Å²) in [6.07, 6.45) is 6.54. The summed E-state index contributed by atoms with van der Waals surface area (Å²) in [6, 6.07) is 7.87. The van der Waals surface area contributed by atoms with Gasteiger partial charge in [-0.1, -0.05) is 12.1 Å². The Morgan fingerprint density at radius 3 is 2.67 bits per heavy atom. The maximum absolute atomic E-state index is 12.1. The monoisotopic (exact) mass is 283 g/mol. The molecule has 5 heteroatoms. The molecule has 0 fully saturated rings. The molecule has 0 saturated heterocycles. The predicted octanol–water partition coefficient (Wildman–Crippen LogP) is 3.69. The summed E-state index contributed by atoms with van der Waals surface area (Å²) in [5.74, 6) is 0.776. The largest absolute Gasteiger partial charge is 0.443 e. The summed E-state index contributed by atoms with van der Waals surface area (Å²) in [6.45, 7) is 5.53. The van der Waals surface area contributed by atoms with Crippen molar-refractivity contribution in [1.82, 2.24) is 14.5 Å². The molecule has 0 saturated carbocycles. The summed E-state index contributed by atoms with van der Waals surface area (Å²) in [5, 5.41) is 0. The Hall–Kier alpha value is -2.56. The highest BCUT2D eigenvalue weighted by Crippen LogP contribution is 2.20. The van der Waals surface area contributed by atoms with Crippen LogP contribution in [0.2, 0.25) is 0 Å². The molecule has 108 valence electrons. The van der Waals surface area contributed by atoms with Crippen molar-refractivity contribution in [2.45, 2.75) is 26.4 Å². The van der Waals surface area contributed by atoms with Crippen LogP contribution < -0.4 is 0 Å². The lowest BCUT2D eigenvalue weighted by Gasteiger charge is -2.22. The van der Waals surface area contributed by atoms with E-state index in [1.807, 2.05) is 55.8 Å². The Morgan fingerprint density at radius 1 is 1.14 bits per heavy atom. The van der Waals surface area contributed by atoms with E-state index in [4.69, 9.17) is 4.74 Å². The molecule has 0 bridgehead atoms. The molecule has 0 unspecified atom stereocenters. The maximum atomic E-state index is 12.1. The fraction of sp³-hybridized carbons (Fsp3) is 0.250. The van der Waals surface area contributed by atoms with Gasteiger partial charge in [0.2, 0.25) is 0 Å². The SMILES string of the molecule is CC(C)(C)OC(=O)N1C=Cc2nc3ccccc3n2C=C1. The van der Waals surface area contributed by atoms with Crippen LogP contribution in [0.25, 0.3) is 23.3 Å².